The van der Waals surface area contributed by atoms with Gasteiger partial charge in [0.2, 0.25) is 0 Å². The number of hydrogen-bond acceptors (Lipinski definition) is 5. The number of ether oxygens (including phenoxy) is 2. The van der Waals surface area contributed by atoms with Crippen molar-refractivity contribution in [2.75, 3.05) is 19.5 Å². The van der Waals surface area contributed by atoms with Gasteiger partial charge in [-0.05, 0) is 42.5 Å². The van der Waals surface area contributed by atoms with Gasteiger partial charge < -0.3 is 14.8 Å². The van der Waals surface area contributed by atoms with Gasteiger partial charge in [-0.2, -0.15) is 10.2 Å². The number of nitrogens with one attached hydrogen (secondary N) is 2. The third-order valence-electron chi connectivity index (χ3n) is 4.38. The SMILES string of the molecule is COc1ccc(-c2cc(C(=O)Nc3cccc(-n4cccn4)c3)[nH]n2)c(OC)c1. The number of H-pyrrole nitrogens is 1. The van der Waals surface area contributed by atoms with Crippen molar-refractivity contribution in [1.29, 1.82) is 0 Å². The summed E-state index contributed by atoms with van der Waals surface area (Å²) in [5.41, 5.74) is 3.19. The van der Waals surface area contributed by atoms with Crippen molar-refractivity contribution in [2.24, 2.45) is 0 Å². The van der Waals surface area contributed by atoms with Gasteiger partial charge in [0.25, 0.3) is 5.91 Å². The molecule has 0 unspecified atom stereocenters. The zero-order valence-corrected chi connectivity index (χ0v) is 15.9. The molecule has 0 radical (unpaired) electrons. The zero-order valence-electron chi connectivity index (χ0n) is 15.9. The number of carbonyl (C=O) groups excluding carboxylic acids is 1. The number of amides is 1. The molecular weight excluding hydrogens is 370 g/mol. The lowest BCUT2D eigenvalue weighted by Crippen LogP contribution is -2.12. The second kappa shape index (κ2) is 7.89. The highest BCUT2D eigenvalue weighted by atomic mass is 16.5. The Kier molecular flexibility index (Phi) is 4.98. The molecule has 2 N–H and O–H groups in total. The van der Waals surface area contributed by atoms with Crippen molar-refractivity contribution in [1.82, 2.24) is 20.0 Å². The predicted octanol–water partition coefficient (Wildman–Crippen LogP) is 3.53. The Morgan fingerprint density at radius 3 is 2.72 bits per heavy atom. The summed E-state index contributed by atoms with van der Waals surface area (Å²) < 4.78 is 12.4. The lowest BCUT2D eigenvalue weighted by molar-refractivity contribution is 0.102. The van der Waals surface area contributed by atoms with Crippen molar-refractivity contribution in [2.45, 2.75) is 0 Å². The van der Waals surface area contributed by atoms with Crippen molar-refractivity contribution in [3.05, 3.63) is 72.7 Å². The molecule has 0 atom stereocenters. The van der Waals surface area contributed by atoms with Crippen LogP contribution in [-0.2, 0) is 0 Å². The lowest BCUT2D eigenvalue weighted by Gasteiger charge is -2.08. The molecule has 0 aliphatic heterocycles. The van der Waals surface area contributed by atoms with E-state index in [2.05, 4.69) is 20.6 Å². The van der Waals surface area contributed by atoms with Crippen molar-refractivity contribution in [3.63, 3.8) is 0 Å². The Morgan fingerprint density at radius 2 is 1.97 bits per heavy atom. The van der Waals surface area contributed by atoms with E-state index < -0.39 is 0 Å². The fraction of sp³-hybridized carbons (Fsp3) is 0.0952. The number of anilines is 1. The van der Waals surface area contributed by atoms with Crippen LogP contribution in [0, 0.1) is 0 Å². The van der Waals surface area contributed by atoms with Gasteiger partial charge in [0.15, 0.2) is 0 Å². The average Bonchev–Trinajstić information content (AvgIpc) is 3.46. The highest BCUT2D eigenvalue weighted by Crippen LogP contribution is 2.32. The molecular formula is C21H19N5O3. The number of nitrogens with zero attached hydrogens (tertiary/aromatic N) is 3. The Morgan fingerprint density at radius 1 is 1.07 bits per heavy atom. The van der Waals surface area contributed by atoms with Gasteiger partial charge in [0.1, 0.15) is 17.2 Å². The summed E-state index contributed by atoms with van der Waals surface area (Å²) in [6.07, 6.45) is 3.54. The number of benzene rings is 2. The second-order valence-electron chi connectivity index (χ2n) is 6.19. The molecule has 0 aliphatic rings. The molecule has 146 valence electrons. The van der Waals surface area contributed by atoms with Crippen LogP contribution in [0.25, 0.3) is 16.9 Å². The topological polar surface area (TPSA) is 94.1 Å². The van der Waals surface area contributed by atoms with Crippen LogP contribution in [0.4, 0.5) is 5.69 Å². The number of rotatable bonds is 6. The van der Waals surface area contributed by atoms with E-state index in [4.69, 9.17) is 9.47 Å². The van der Waals surface area contributed by atoms with E-state index in [1.807, 2.05) is 48.7 Å². The Balaban J connectivity index is 1.55. The maximum absolute atomic E-state index is 12.7. The van der Waals surface area contributed by atoms with E-state index >= 15 is 0 Å². The third kappa shape index (κ3) is 3.81. The maximum Gasteiger partial charge on any atom is 0.273 e. The van der Waals surface area contributed by atoms with Crippen molar-refractivity contribution >= 4 is 11.6 Å². The summed E-state index contributed by atoms with van der Waals surface area (Å²) in [6, 6.07) is 16.4. The van der Waals surface area contributed by atoms with Crippen LogP contribution in [0.5, 0.6) is 11.5 Å². The Hall–Kier alpha value is -4.07. The minimum absolute atomic E-state index is 0.297. The minimum Gasteiger partial charge on any atom is -0.497 e. The zero-order chi connectivity index (χ0) is 20.2. The van der Waals surface area contributed by atoms with Crippen LogP contribution in [-0.4, -0.2) is 40.1 Å². The molecule has 29 heavy (non-hydrogen) atoms. The smallest absolute Gasteiger partial charge is 0.273 e. The summed E-state index contributed by atoms with van der Waals surface area (Å²) in [4.78, 5) is 12.7. The minimum atomic E-state index is -0.297. The van der Waals surface area contributed by atoms with E-state index in [0.29, 0.717) is 28.6 Å². The highest BCUT2D eigenvalue weighted by molar-refractivity contribution is 6.03. The fourth-order valence-corrected chi connectivity index (χ4v) is 2.93. The van der Waals surface area contributed by atoms with Gasteiger partial charge >= 0.3 is 0 Å². The van der Waals surface area contributed by atoms with Crippen LogP contribution in [0.15, 0.2) is 67.0 Å². The predicted molar refractivity (Wildman–Crippen MR) is 109 cm³/mol. The molecule has 4 aromatic rings. The van der Waals surface area contributed by atoms with Crippen LogP contribution in [0.2, 0.25) is 0 Å². The Bertz CT molecular complexity index is 1130. The molecule has 0 spiro atoms. The molecule has 2 heterocycles. The van der Waals surface area contributed by atoms with Gasteiger partial charge in [-0.15, -0.1) is 0 Å². The molecule has 2 aromatic carbocycles. The molecule has 1 amide bonds. The normalized spacial score (nSPS) is 10.6. The first-order valence-electron chi connectivity index (χ1n) is 8.87. The van der Waals surface area contributed by atoms with E-state index in [0.717, 1.165) is 11.3 Å². The van der Waals surface area contributed by atoms with Gasteiger partial charge in [-0.25, -0.2) is 4.68 Å². The van der Waals surface area contributed by atoms with Crippen LogP contribution in [0.1, 0.15) is 10.5 Å². The van der Waals surface area contributed by atoms with Crippen molar-refractivity contribution in [3.8, 4) is 28.4 Å². The maximum atomic E-state index is 12.7. The summed E-state index contributed by atoms with van der Waals surface area (Å²) in [7, 11) is 3.16. The third-order valence-corrected chi connectivity index (χ3v) is 4.38. The molecule has 8 nitrogen and oxygen atoms in total. The van der Waals surface area contributed by atoms with E-state index in [9.17, 15) is 4.79 Å². The van der Waals surface area contributed by atoms with Gasteiger partial charge in [0, 0.05) is 29.7 Å². The van der Waals surface area contributed by atoms with Crippen LogP contribution >= 0.6 is 0 Å². The number of carbonyl (C=O) groups is 1. The van der Waals surface area contributed by atoms with Crippen LogP contribution < -0.4 is 14.8 Å². The van der Waals surface area contributed by atoms with Gasteiger partial charge in [-0.3, -0.25) is 9.89 Å². The fourth-order valence-electron chi connectivity index (χ4n) is 2.93. The summed E-state index contributed by atoms with van der Waals surface area (Å²) in [5.74, 6) is 0.986. The molecule has 0 bridgehead atoms. The molecule has 0 fully saturated rings. The first-order valence-corrected chi connectivity index (χ1v) is 8.87. The molecule has 0 saturated carbocycles. The number of hydrogen-bond donors (Lipinski definition) is 2. The number of aromatic nitrogens is 4. The highest BCUT2D eigenvalue weighted by Gasteiger charge is 2.15. The summed E-state index contributed by atoms with van der Waals surface area (Å²) >= 11 is 0. The van der Waals surface area contributed by atoms with Gasteiger partial charge in [0.05, 0.1) is 25.6 Å². The second-order valence-corrected chi connectivity index (χ2v) is 6.19. The standard InChI is InChI=1S/C21H19N5O3/c1-28-16-7-8-17(20(12-16)29-2)18-13-19(25-24-18)21(27)23-14-5-3-6-15(11-14)26-10-4-9-22-26/h3-13H,1-2H3,(H,23,27)(H,24,25). The van der Waals surface area contributed by atoms with E-state index in [1.165, 1.54) is 0 Å². The van der Waals surface area contributed by atoms with E-state index in [1.54, 1.807) is 37.2 Å². The first-order chi connectivity index (χ1) is 14.2. The molecule has 4 rings (SSSR count). The number of methoxy groups -OCH3 is 2. The van der Waals surface area contributed by atoms with Gasteiger partial charge in [-0.1, -0.05) is 6.07 Å². The lowest BCUT2D eigenvalue weighted by atomic mass is 10.1. The summed E-state index contributed by atoms with van der Waals surface area (Å²) in [5, 5.41) is 14.1. The first kappa shape index (κ1) is 18.3. The largest absolute Gasteiger partial charge is 0.497 e. The summed E-state index contributed by atoms with van der Waals surface area (Å²) in [6.45, 7) is 0. The molecule has 0 aliphatic carbocycles. The quantitative estimate of drug-likeness (QED) is 0.526. The molecule has 2 aromatic heterocycles. The average molecular weight is 389 g/mol. The van der Waals surface area contributed by atoms with Crippen molar-refractivity contribution < 1.29 is 14.3 Å². The van der Waals surface area contributed by atoms with Crippen LogP contribution in [0.3, 0.4) is 0 Å². The monoisotopic (exact) mass is 389 g/mol. The van der Waals surface area contributed by atoms with E-state index in [-0.39, 0.29) is 5.91 Å². The molecule has 0 saturated heterocycles. The Labute approximate surface area is 167 Å². The molecule has 8 heteroatoms. The number of aromatic amines is 1.